The fourth-order valence-corrected chi connectivity index (χ4v) is 2.32. The lowest BCUT2D eigenvalue weighted by Crippen LogP contribution is -2.42. The molecule has 4 heteroatoms. The van der Waals surface area contributed by atoms with Crippen molar-refractivity contribution < 1.29 is 4.74 Å². The first-order valence-corrected chi connectivity index (χ1v) is 7.57. The first-order valence-electron chi connectivity index (χ1n) is 7.57. The Morgan fingerprint density at radius 2 is 1.67 bits per heavy atom. The van der Waals surface area contributed by atoms with E-state index in [0.29, 0.717) is 0 Å². The Labute approximate surface area is 128 Å². The van der Waals surface area contributed by atoms with E-state index in [1.165, 1.54) is 11.3 Å². The van der Waals surface area contributed by atoms with Gasteiger partial charge in [0, 0.05) is 38.4 Å². The zero-order valence-corrected chi connectivity index (χ0v) is 13.9. The Bertz CT molecular complexity index is 480. The quantitative estimate of drug-likeness (QED) is 0.619. The second kappa shape index (κ2) is 6.48. The third-order valence-electron chi connectivity index (χ3n) is 3.39. The Balaban J connectivity index is 2.32. The van der Waals surface area contributed by atoms with Crippen LogP contribution in [0.1, 0.15) is 26.3 Å². The van der Waals surface area contributed by atoms with Gasteiger partial charge in [0.05, 0.1) is 18.8 Å². The van der Waals surface area contributed by atoms with Crippen molar-refractivity contribution in [1.29, 1.82) is 0 Å². The number of rotatable bonds is 2. The van der Waals surface area contributed by atoms with Crippen LogP contribution in [0.15, 0.2) is 29.3 Å². The lowest BCUT2D eigenvalue weighted by molar-refractivity contribution is 0.0679. The van der Waals surface area contributed by atoms with Crippen molar-refractivity contribution in [3.05, 3.63) is 29.8 Å². The van der Waals surface area contributed by atoms with Crippen LogP contribution in [0.25, 0.3) is 0 Å². The molecule has 1 saturated heterocycles. The Morgan fingerprint density at radius 3 is 2.14 bits per heavy atom. The fourth-order valence-electron chi connectivity index (χ4n) is 2.32. The molecule has 0 N–H and O–H groups in total. The monoisotopic (exact) mass is 289 g/mol. The minimum Gasteiger partial charge on any atom is -0.378 e. The third-order valence-corrected chi connectivity index (χ3v) is 3.39. The molecular weight excluding hydrogens is 262 g/mol. The highest BCUT2D eigenvalue weighted by atomic mass is 16.5. The maximum absolute atomic E-state index is 5.46. The van der Waals surface area contributed by atoms with Gasteiger partial charge in [0.2, 0.25) is 0 Å². The molecule has 0 radical (unpaired) electrons. The van der Waals surface area contributed by atoms with Gasteiger partial charge in [-0.2, -0.15) is 0 Å². The average molecular weight is 289 g/mol. The molecule has 1 aliphatic heterocycles. The number of ether oxygens (including phenoxy) is 1. The lowest BCUT2D eigenvalue weighted by Gasteiger charge is -2.32. The molecule has 2 rings (SSSR count). The highest BCUT2D eigenvalue weighted by Crippen LogP contribution is 2.18. The van der Waals surface area contributed by atoms with Gasteiger partial charge in [-0.25, -0.2) is 0 Å². The average Bonchev–Trinajstić information content (AvgIpc) is 2.45. The van der Waals surface area contributed by atoms with Gasteiger partial charge in [0.25, 0.3) is 0 Å². The number of nitrogens with zero attached hydrogens (tertiary/aromatic N) is 3. The molecule has 0 aromatic heterocycles. The Hall–Kier alpha value is -1.55. The number of amidine groups is 1. The van der Waals surface area contributed by atoms with Crippen molar-refractivity contribution in [2.75, 3.05) is 45.3 Å². The summed E-state index contributed by atoms with van der Waals surface area (Å²) in [5.74, 6) is 1.08. The molecule has 21 heavy (non-hydrogen) atoms. The number of hydrogen-bond acceptors (Lipinski definition) is 3. The van der Waals surface area contributed by atoms with Crippen LogP contribution in [0, 0.1) is 0 Å². The summed E-state index contributed by atoms with van der Waals surface area (Å²) >= 11 is 0. The number of morpholine rings is 1. The van der Waals surface area contributed by atoms with Gasteiger partial charge in [-0.05, 0) is 45.0 Å². The summed E-state index contributed by atoms with van der Waals surface area (Å²) < 4.78 is 5.46. The molecule has 1 aliphatic rings. The van der Waals surface area contributed by atoms with E-state index < -0.39 is 0 Å². The van der Waals surface area contributed by atoms with Crippen LogP contribution in [0.5, 0.6) is 0 Å². The van der Waals surface area contributed by atoms with Crippen molar-refractivity contribution >= 4 is 11.5 Å². The normalized spacial score (nSPS) is 17.0. The predicted molar refractivity (Wildman–Crippen MR) is 89.5 cm³/mol. The zero-order chi connectivity index (χ0) is 15.5. The number of hydrogen-bond donors (Lipinski definition) is 0. The van der Waals surface area contributed by atoms with Crippen molar-refractivity contribution in [2.45, 2.75) is 26.3 Å². The number of anilines is 1. The fraction of sp³-hybridized carbons (Fsp3) is 0.588. The second-order valence-electron chi connectivity index (χ2n) is 6.65. The van der Waals surface area contributed by atoms with E-state index in [-0.39, 0.29) is 5.54 Å². The van der Waals surface area contributed by atoms with Crippen molar-refractivity contribution in [1.82, 2.24) is 4.90 Å². The summed E-state index contributed by atoms with van der Waals surface area (Å²) in [5, 5.41) is 0. The van der Waals surface area contributed by atoms with Gasteiger partial charge in [0.1, 0.15) is 5.84 Å². The van der Waals surface area contributed by atoms with Crippen molar-refractivity contribution in [3.63, 3.8) is 0 Å². The highest BCUT2D eigenvalue weighted by molar-refractivity contribution is 5.99. The molecule has 1 aromatic rings. The van der Waals surface area contributed by atoms with E-state index in [2.05, 4.69) is 68.9 Å². The lowest BCUT2D eigenvalue weighted by atomic mass is 10.1. The van der Waals surface area contributed by atoms with Gasteiger partial charge in [-0.1, -0.05) is 0 Å². The zero-order valence-electron chi connectivity index (χ0n) is 13.9. The molecule has 0 saturated carbocycles. The maximum Gasteiger partial charge on any atom is 0.131 e. The molecule has 116 valence electrons. The van der Waals surface area contributed by atoms with Crippen LogP contribution in [-0.2, 0) is 4.74 Å². The summed E-state index contributed by atoms with van der Waals surface area (Å²) in [7, 11) is 4.11. The Morgan fingerprint density at radius 1 is 1.10 bits per heavy atom. The van der Waals surface area contributed by atoms with E-state index in [1.54, 1.807) is 0 Å². The van der Waals surface area contributed by atoms with Crippen LogP contribution < -0.4 is 4.90 Å². The molecule has 1 heterocycles. The summed E-state index contributed by atoms with van der Waals surface area (Å²) in [6, 6.07) is 8.62. The van der Waals surface area contributed by atoms with E-state index in [4.69, 9.17) is 9.73 Å². The molecule has 4 nitrogen and oxygen atoms in total. The molecule has 0 amide bonds. The van der Waals surface area contributed by atoms with Crippen molar-refractivity contribution in [2.24, 2.45) is 4.99 Å². The minimum absolute atomic E-state index is 0.0894. The van der Waals surface area contributed by atoms with Crippen LogP contribution >= 0.6 is 0 Å². The van der Waals surface area contributed by atoms with Gasteiger partial charge in [0.15, 0.2) is 0 Å². The molecule has 0 spiro atoms. The molecule has 1 aromatic carbocycles. The van der Waals surface area contributed by atoms with E-state index in [0.717, 1.165) is 32.1 Å². The summed E-state index contributed by atoms with van der Waals surface area (Å²) in [5.41, 5.74) is 2.29. The third kappa shape index (κ3) is 4.46. The highest BCUT2D eigenvalue weighted by Gasteiger charge is 2.20. The minimum atomic E-state index is -0.0894. The van der Waals surface area contributed by atoms with Gasteiger partial charge in [-0.3, -0.25) is 4.99 Å². The predicted octanol–water partition coefficient (Wildman–Crippen LogP) is 2.63. The standard InChI is InChI=1S/C17H27N3O/c1-17(2,3)18-16(20-10-12-21-13-11-20)14-6-8-15(9-7-14)19(4)5/h6-9H,10-13H2,1-5H3. The van der Waals surface area contributed by atoms with E-state index >= 15 is 0 Å². The SMILES string of the molecule is CN(C)c1ccc(C(=NC(C)(C)C)N2CCOCC2)cc1. The van der Waals surface area contributed by atoms with Gasteiger partial charge in [-0.15, -0.1) is 0 Å². The van der Waals surface area contributed by atoms with Crippen LogP contribution in [0.2, 0.25) is 0 Å². The van der Waals surface area contributed by atoms with Crippen molar-refractivity contribution in [3.8, 4) is 0 Å². The second-order valence-corrected chi connectivity index (χ2v) is 6.65. The van der Waals surface area contributed by atoms with Gasteiger partial charge < -0.3 is 14.5 Å². The van der Waals surface area contributed by atoms with Gasteiger partial charge >= 0.3 is 0 Å². The molecule has 0 unspecified atom stereocenters. The first kappa shape index (κ1) is 15.8. The topological polar surface area (TPSA) is 28.1 Å². The summed E-state index contributed by atoms with van der Waals surface area (Å²) in [6.45, 7) is 9.79. The van der Waals surface area contributed by atoms with E-state index in [9.17, 15) is 0 Å². The molecule has 0 bridgehead atoms. The van der Waals surface area contributed by atoms with Crippen LogP contribution in [0.4, 0.5) is 5.69 Å². The van der Waals surface area contributed by atoms with E-state index in [1.807, 2.05) is 0 Å². The largest absolute Gasteiger partial charge is 0.378 e. The number of benzene rings is 1. The molecule has 0 atom stereocenters. The summed E-state index contributed by atoms with van der Waals surface area (Å²) in [4.78, 5) is 9.39. The molecule has 0 aliphatic carbocycles. The molecule has 1 fully saturated rings. The van der Waals surface area contributed by atoms with Crippen LogP contribution in [0.3, 0.4) is 0 Å². The summed E-state index contributed by atoms with van der Waals surface area (Å²) in [6.07, 6.45) is 0. The first-order chi connectivity index (χ1) is 9.87. The molecular formula is C17H27N3O. The number of aliphatic imine (C=N–C) groups is 1. The Kier molecular flexibility index (Phi) is 4.88. The smallest absolute Gasteiger partial charge is 0.131 e. The van der Waals surface area contributed by atoms with Crippen LogP contribution in [-0.4, -0.2) is 56.7 Å². The maximum atomic E-state index is 5.46.